The van der Waals surface area contributed by atoms with Gasteiger partial charge in [-0.25, -0.2) is 15.0 Å². The van der Waals surface area contributed by atoms with Gasteiger partial charge in [0.2, 0.25) is 0 Å². The monoisotopic (exact) mass is 342 g/mol. The van der Waals surface area contributed by atoms with E-state index in [1.54, 1.807) is 36.7 Å². The molecule has 3 rings (SSSR count). The Balaban J connectivity index is 1.75. The zero-order valence-corrected chi connectivity index (χ0v) is 14.6. The quantitative estimate of drug-likeness (QED) is 0.903. The molecule has 0 bridgehead atoms. The van der Waals surface area contributed by atoms with Crippen LogP contribution in [0.4, 0.5) is 5.82 Å². The highest BCUT2D eigenvalue weighted by molar-refractivity contribution is 5.93. The molecule has 0 spiro atoms. The predicted octanol–water partition coefficient (Wildman–Crippen LogP) is 1.65. The number of rotatable bonds is 4. The molecule has 0 aromatic carbocycles. The Morgan fingerprint density at radius 1 is 1.24 bits per heavy atom. The van der Waals surface area contributed by atoms with Crippen molar-refractivity contribution >= 4 is 11.7 Å². The molecule has 1 amide bonds. The molecule has 132 valence electrons. The molecule has 1 atom stereocenters. The molecule has 2 aromatic rings. The Labute approximate surface area is 146 Å². The van der Waals surface area contributed by atoms with Crippen LogP contribution in [-0.2, 0) is 4.74 Å². The molecule has 0 saturated carbocycles. The molecular formula is C17H22N6O2. The highest BCUT2D eigenvalue weighted by atomic mass is 16.5. The normalized spacial score (nSPS) is 17.6. The molecule has 1 N–H and O–H groups in total. The van der Waals surface area contributed by atoms with Crippen LogP contribution in [0, 0.1) is 0 Å². The Kier molecular flexibility index (Phi) is 5.18. The first-order valence-electron chi connectivity index (χ1n) is 8.31. The molecule has 1 aliphatic rings. The van der Waals surface area contributed by atoms with E-state index in [9.17, 15) is 4.79 Å². The fourth-order valence-corrected chi connectivity index (χ4v) is 2.71. The van der Waals surface area contributed by atoms with Gasteiger partial charge in [-0.05, 0) is 0 Å². The van der Waals surface area contributed by atoms with Crippen LogP contribution in [0.1, 0.15) is 47.7 Å². The van der Waals surface area contributed by atoms with Crippen LogP contribution in [0.3, 0.4) is 0 Å². The first-order valence-corrected chi connectivity index (χ1v) is 8.31. The highest BCUT2D eigenvalue weighted by Crippen LogP contribution is 2.25. The zero-order valence-electron chi connectivity index (χ0n) is 14.6. The summed E-state index contributed by atoms with van der Waals surface area (Å²) in [6.07, 6.45) is 6.12. The number of carbonyl (C=O) groups is 1. The van der Waals surface area contributed by atoms with Crippen molar-refractivity contribution in [2.45, 2.75) is 25.9 Å². The van der Waals surface area contributed by atoms with Gasteiger partial charge in [0.05, 0.1) is 18.7 Å². The minimum atomic E-state index is -0.315. The third-order valence-electron chi connectivity index (χ3n) is 4.06. The van der Waals surface area contributed by atoms with Gasteiger partial charge in [-0.3, -0.25) is 9.78 Å². The lowest BCUT2D eigenvalue weighted by atomic mass is 10.1. The summed E-state index contributed by atoms with van der Waals surface area (Å²) in [6, 6.07) is 0. The Hall–Kier alpha value is -2.61. The standard InChI is InChI=1S/C17H22N6O2/c1-11(2)15-21-8-12(9-22-15)17(24)23-6-7-25-13(10-23)14-16(18-3)20-5-4-19-14/h4-5,8-9,11,13H,6-7,10H2,1-3H3,(H,18,20)/t13-/m1/s1. The molecule has 3 heterocycles. The smallest absolute Gasteiger partial charge is 0.257 e. The molecule has 25 heavy (non-hydrogen) atoms. The van der Waals surface area contributed by atoms with E-state index in [-0.39, 0.29) is 17.9 Å². The van der Waals surface area contributed by atoms with Crippen LogP contribution >= 0.6 is 0 Å². The summed E-state index contributed by atoms with van der Waals surface area (Å²) in [5, 5.41) is 3.01. The van der Waals surface area contributed by atoms with Gasteiger partial charge in [0.25, 0.3) is 5.91 Å². The van der Waals surface area contributed by atoms with Crippen molar-refractivity contribution in [2.75, 3.05) is 32.1 Å². The Morgan fingerprint density at radius 2 is 1.96 bits per heavy atom. The van der Waals surface area contributed by atoms with Crippen molar-refractivity contribution < 1.29 is 9.53 Å². The molecule has 2 aromatic heterocycles. The number of aromatic nitrogens is 4. The van der Waals surface area contributed by atoms with Crippen LogP contribution in [-0.4, -0.2) is 57.5 Å². The van der Waals surface area contributed by atoms with E-state index in [1.165, 1.54) is 0 Å². The number of hydrogen-bond donors (Lipinski definition) is 1. The minimum Gasteiger partial charge on any atom is -0.372 e. The third-order valence-corrected chi connectivity index (χ3v) is 4.06. The van der Waals surface area contributed by atoms with E-state index in [0.29, 0.717) is 36.8 Å². The number of ether oxygens (including phenoxy) is 1. The molecule has 0 unspecified atom stereocenters. The average Bonchev–Trinajstić information content (AvgIpc) is 2.67. The van der Waals surface area contributed by atoms with Crippen LogP contribution in [0.2, 0.25) is 0 Å². The molecule has 1 fully saturated rings. The molecule has 0 aliphatic carbocycles. The van der Waals surface area contributed by atoms with Gasteiger partial charge in [0, 0.05) is 44.3 Å². The van der Waals surface area contributed by atoms with Crippen molar-refractivity contribution in [3.63, 3.8) is 0 Å². The van der Waals surface area contributed by atoms with Crippen LogP contribution in [0.25, 0.3) is 0 Å². The maximum atomic E-state index is 12.8. The van der Waals surface area contributed by atoms with Gasteiger partial charge >= 0.3 is 0 Å². The van der Waals surface area contributed by atoms with E-state index in [4.69, 9.17) is 4.74 Å². The van der Waals surface area contributed by atoms with E-state index in [1.807, 2.05) is 13.8 Å². The lowest BCUT2D eigenvalue weighted by Gasteiger charge is -2.33. The van der Waals surface area contributed by atoms with Gasteiger partial charge in [0.15, 0.2) is 0 Å². The zero-order chi connectivity index (χ0) is 17.8. The van der Waals surface area contributed by atoms with E-state index in [2.05, 4.69) is 25.3 Å². The third kappa shape index (κ3) is 3.74. The average molecular weight is 342 g/mol. The summed E-state index contributed by atoms with van der Waals surface area (Å²) in [5.74, 6) is 1.52. The topological polar surface area (TPSA) is 93.1 Å². The molecule has 1 saturated heterocycles. The Morgan fingerprint density at radius 3 is 2.64 bits per heavy atom. The second-order valence-corrected chi connectivity index (χ2v) is 6.14. The van der Waals surface area contributed by atoms with Gasteiger partial charge in [-0.2, -0.15) is 0 Å². The number of carbonyl (C=O) groups excluding carboxylic acids is 1. The van der Waals surface area contributed by atoms with E-state index < -0.39 is 0 Å². The van der Waals surface area contributed by atoms with Crippen LogP contribution in [0.15, 0.2) is 24.8 Å². The lowest BCUT2D eigenvalue weighted by Crippen LogP contribution is -2.42. The number of anilines is 1. The summed E-state index contributed by atoms with van der Waals surface area (Å²) < 4.78 is 5.81. The second-order valence-electron chi connectivity index (χ2n) is 6.14. The maximum Gasteiger partial charge on any atom is 0.257 e. The first-order chi connectivity index (χ1) is 12.1. The van der Waals surface area contributed by atoms with Crippen LogP contribution in [0.5, 0.6) is 0 Å². The number of morpholine rings is 1. The second kappa shape index (κ2) is 7.52. The summed E-state index contributed by atoms with van der Waals surface area (Å²) >= 11 is 0. The van der Waals surface area contributed by atoms with Gasteiger partial charge in [0.1, 0.15) is 23.4 Å². The van der Waals surface area contributed by atoms with Gasteiger partial charge < -0.3 is 15.0 Å². The van der Waals surface area contributed by atoms with Gasteiger partial charge in [-0.15, -0.1) is 0 Å². The SMILES string of the molecule is CNc1nccnc1[C@H]1CN(C(=O)c2cnc(C(C)C)nc2)CCO1. The predicted molar refractivity (Wildman–Crippen MR) is 92.3 cm³/mol. The molecule has 1 aliphatic heterocycles. The summed E-state index contributed by atoms with van der Waals surface area (Å²) in [7, 11) is 1.78. The molecule has 8 heteroatoms. The van der Waals surface area contributed by atoms with Crippen molar-refractivity contribution in [1.82, 2.24) is 24.8 Å². The minimum absolute atomic E-state index is 0.0986. The fourth-order valence-electron chi connectivity index (χ4n) is 2.71. The van der Waals surface area contributed by atoms with Crippen molar-refractivity contribution in [2.24, 2.45) is 0 Å². The van der Waals surface area contributed by atoms with E-state index in [0.717, 1.165) is 5.82 Å². The molecule has 0 radical (unpaired) electrons. The summed E-state index contributed by atoms with van der Waals surface area (Å²) in [4.78, 5) is 31.7. The number of nitrogens with one attached hydrogen (secondary N) is 1. The molecule has 8 nitrogen and oxygen atoms in total. The summed E-state index contributed by atoms with van der Waals surface area (Å²) in [6.45, 7) is 5.42. The summed E-state index contributed by atoms with van der Waals surface area (Å²) in [5.41, 5.74) is 1.19. The Bertz CT molecular complexity index is 734. The molecular weight excluding hydrogens is 320 g/mol. The highest BCUT2D eigenvalue weighted by Gasteiger charge is 2.29. The largest absolute Gasteiger partial charge is 0.372 e. The lowest BCUT2D eigenvalue weighted by molar-refractivity contribution is -0.0245. The number of nitrogens with zero attached hydrogens (tertiary/aromatic N) is 5. The van der Waals surface area contributed by atoms with Gasteiger partial charge in [-0.1, -0.05) is 13.8 Å². The first kappa shape index (κ1) is 17.2. The number of amides is 1. The van der Waals surface area contributed by atoms with Crippen LogP contribution < -0.4 is 5.32 Å². The van der Waals surface area contributed by atoms with Crippen molar-refractivity contribution in [3.05, 3.63) is 41.9 Å². The van der Waals surface area contributed by atoms with Crippen molar-refractivity contribution in [1.29, 1.82) is 0 Å². The number of hydrogen-bond acceptors (Lipinski definition) is 7. The van der Waals surface area contributed by atoms with Crippen molar-refractivity contribution in [3.8, 4) is 0 Å². The van der Waals surface area contributed by atoms with E-state index >= 15 is 0 Å². The fraction of sp³-hybridized carbons (Fsp3) is 0.471. The maximum absolute atomic E-state index is 12.8.